The number of allylic oxidation sites excluding steroid dienone is 1. The van der Waals surface area contributed by atoms with Gasteiger partial charge in [0, 0.05) is 51.0 Å². The molecule has 0 saturated heterocycles. The van der Waals surface area contributed by atoms with Gasteiger partial charge in [0.15, 0.2) is 0 Å². The van der Waals surface area contributed by atoms with Crippen LogP contribution in [0.2, 0.25) is 0 Å². The number of aromatic amines is 1. The van der Waals surface area contributed by atoms with Gasteiger partial charge in [-0.05, 0) is 49.3 Å². The normalized spacial score (nSPS) is 11.0. The summed E-state index contributed by atoms with van der Waals surface area (Å²) < 4.78 is 2.39. The molecule has 0 aliphatic carbocycles. The number of nitrogens with zero attached hydrogens (tertiary/aromatic N) is 1. The third-order valence-corrected chi connectivity index (χ3v) is 5.96. The van der Waals surface area contributed by atoms with Crippen LogP contribution in [-0.2, 0) is 6.54 Å². The second-order valence-corrected chi connectivity index (χ2v) is 7.96. The molecule has 0 radical (unpaired) electrons. The van der Waals surface area contributed by atoms with Gasteiger partial charge in [-0.15, -0.1) is 0 Å². The number of H-pyrrole nitrogens is 1. The van der Waals surface area contributed by atoms with Crippen LogP contribution in [0.1, 0.15) is 57.2 Å². The molecular weight excluding hydrogens is 432 g/mol. The fourth-order valence-corrected chi connectivity index (χ4v) is 4.47. The summed E-state index contributed by atoms with van der Waals surface area (Å²) in [6.07, 6.45) is 8.53. The predicted octanol–water partition coefficient (Wildman–Crippen LogP) is 7.59. The molecule has 34 heavy (non-hydrogen) atoms. The second kappa shape index (κ2) is 13.1. The number of rotatable bonds is 6. The largest absolute Gasteiger partial charge is 0.355 e. The van der Waals surface area contributed by atoms with Crippen LogP contribution in [0.15, 0.2) is 60.8 Å². The molecule has 0 saturated carbocycles. The van der Waals surface area contributed by atoms with E-state index in [4.69, 9.17) is 0 Å². The fourth-order valence-electron chi connectivity index (χ4n) is 4.47. The summed E-state index contributed by atoms with van der Waals surface area (Å²) in [4.78, 5) is 3.42. The van der Waals surface area contributed by atoms with E-state index < -0.39 is 0 Å². The van der Waals surface area contributed by atoms with Gasteiger partial charge in [0.1, 0.15) is 0 Å². The maximum atomic E-state index is 4.36. The molecule has 0 atom stereocenters. The lowest BCUT2D eigenvalue weighted by Gasteiger charge is -2.12. The zero-order valence-corrected chi connectivity index (χ0v) is 22.6. The Morgan fingerprint density at radius 1 is 1.00 bits per heavy atom. The zero-order valence-electron chi connectivity index (χ0n) is 21.7. The molecule has 2 aromatic heterocycles. The number of thiol groups is 1. The van der Waals surface area contributed by atoms with Gasteiger partial charge < -0.3 is 9.55 Å². The van der Waals surface area contributed by atoms with E-state index in [2.05, 4.69) is 117 Å². The van der Waals surface area contributed by atoms with Crippen molar-refractivity contribution in [3.63, 3.8) is 0 Å². The van der Waals surface area contributed by atoms with Gasteiger partial charge in [-0.3, -0.25) is 0 Å². The average Bonchev–Trinajstić information content (AvgIpc) is 3.38. The van der Waals surface area contributed by atoms with Crippen molar-refractivity contribution in [2.24, 2.45) is 0 Å². The summed E-state index contributed by atoms with van der Waals surface area (Å²) in [5, 5.41) is 3.09. The first-order chi connectivity index (χ1) is 16.6. The molecule has 2 aromatic carbocycles. The maximum Gasteiger partial charge on any atom is 0.0486 e. The number of fused-ring (bicyclic) bond motifs is 1. The van der Waals surface area contributed by atoms with Crippen LogP contribution in [-0.4, -0.2) is 15.8 Å². The second-order valence-electron chi connectivity index (χ2n) is 7.96. The number of hydrogen-bond donors (Lipinski definition) is 2. The summed E-state index contributed by atoms with van der Waals surface area (Å²) in [6.45, 7) is 20.2. The highest BCUT2D eigenvalue weighted by molar-refractivity contribution is 7.79. The maximum absolute atomic E-state index is 4.36. The Balaban J connectivity index is 0.000000970. The van der Waals surface area contributed by atoms with Gasteiger partial charge in [0.2, 0.25) is 0 Å². The summed E-state index contributed by atoms with van der Waals surface area (Å²) in [5.41, 5.74) is 8.49. The van der Waals surface area contributed by atoms with E-state index in [-0.39, 0.29) is 0 Å². The number of para-hydroxylation sites is 1. The number of unbranched alkanes of at least 4 members (excludes halogenated alkanes) is 1. The first kappa shape index (κ1) is 27.3. The molecule has 0 fully saturated rings. The fraction of sp³-hybridized carbons (Fsp3) is 0.290. The van der Waals surface area contributed by atoms with E-state index in [1.807, 2.05) is 13.8 Å². The van der Waals surface area contributed by atoms with Gasteiger partial charge in [-0.2, -0.15) is 12.6 Å². The van der Waals surface area contributed by atoms with Crippen molar-refractivity contribution < 1.29 is 0 Å². The number of aromatic nitrogens is 2. The van der Waals surface area contributed by atoms with Crippen molar-refractivity contribution in [1.29, 1.82) is 0 Å². The number of aryl methyl sites for hydroxylation is 2. The van der Waals surface area contributed by atoms with Crippen LogP contribution >= 0.6 is 12.6 Å². The Hall–Kier alpha value is -2.91. The molecule has 0 aliphatic rings. The summed E-state index contributed by atoms with van der Waals surface area (Å²) in [7, 11) is 0. The quantitative estimate of drug-likeness (QED) is 0.270. The SMILES string of the molecule is C=c1[nH]c(=C)c(-c2cn(CCCC)c3ccccc23)c1/C(=C/C)c1ccccc1C.CC.CS. The van der Waals surface area contributed by atoms with E-state index in [0.29, 0.717) is 0 Å². The molecule has 1 N–H and O–H groups in total. The Labute approximate surface area is 211 Å². The van der Waals surface area contributed by atoms with Crippen LogP contribution in [0.25, 0.3) is 40.8 Å². The highest BCUT2D eigenvalue weighted by Crippen LogP contribution is 2.35. The van der Waals surface area contributed by atoms with Crippen LogP contribution < -0.4 is 10.7 Å². The first-order valence-electron chi connectivity index (χ1n) is 12.2. The molecule has 0 bridgehead atoms. The molecule has 2 nitrogen and oxygen atoms in total. The van der Waals surface area contributed by atoms with Crippen molar-refractivity contribution >= 4 is 42.3 Å². The lowest BCUT2D eigenvalue weighted by molar-refractivity contribution is 0.650. The molecule has 2 heterocycles. The highest BCUT2D eigenvalue weighted by atomic mass is 32.1. The smallest absolute Gasteiger partial charge is 0.0486 e. The Morgan fingerprint density at radius 3 is 2.29 bits per heavy atom. The van der Waals surface area contributed by atoms with Crippen LogP contribution in [0.5, 0.6) is 0 Å². The molecule has 0 amide bonds. The van der Waals surface area contributed by atoms with Crippen molar-refractivity contribution in [1.82, 2.24) is 9.55 Å². The summed E-state index contributed by atoms with van der Waals surface area (Å²) in [6, 6.07) is 17.2. The number of hydrogen-bond acceptors (Lipinski definition) is 1. The van der Waals surface area contributed by atoms with Crippen molar-refractivity contribution in [3.8, 4) is 11.1 Å². The standard InChI is InChI=1S/C28H30N2.C2H6.CH4S/c1-6-8-17-30-18-25(24-15-11-12-16-26(24)30)28-21(5)29-20(4)27(28)22(7-2)23-14-10-9-13-19(23)3;2*1-2/h7,9-16,18,29H,4-6,8,17H2,1-3H3;1-2H3;2H,1H3/b22-7+;;. The number of benzene rings is 2. The lowest BCUT2D eigenvalue weighted by Crippen LogP contribution is -2.08. The monoisotopic (exact) mass is 472 g/mol. The lowest BCUT2D eigenvalue weighted by atomic mass is 9.90. The van der Waals surface area contributed by atoms with Crippen molar-refractivity contribution in [2.75, 3.05) is 6.26 Å². The van der Waals surface area contributed by atoms with E-state index in [1.165, 1.54) is 46.0 Å². The summed E-state index contributed by atoms with van der Waals surface area (Å²) >= 11 is 3.53. The van der Waals surface area contributed by atoms with Gasteiger partial charge in [0.05, 0.1) is 0 Å². The molecular formula is C31H40N2S. The van der Waals surface area contributed by atoms with E-state index in [1.54, 1.807) is 6.26 Å². The zero-order chi connectivity index (χ0) is 25.3. The molecule has 4 aromatic rings. The Kier molecular flexibility index (Phi) is 10.5. The average molecular weight is 473 g/mol. The third-order valence-electron chi connectivity index (χ3n) is 5.96. The van der Waals surface area contributed by atoms with E-state index >= 15 is 0 Å². The van der Waals surface area contributed by atoms with Gasteiger partial charge in [-0.1, -0.05) is 88.9 Å². The minimum absolute atomic E-state index is 0.914. The van der Waals surface area contributed by atoms with Gasteiger partial charge >= 0.3 is 0 Å². The summed E-state index contributed by atoms with van der Waals surface area (Å²) in [5.74, 6) is 0. The molecule has 0 unspecified atom stereocenters. The van der Waals surface area contributed by atoms with Crippen molar-refractivity contribution in [2.45, 2.75) is 54.0 Å². The van der Waals surface area contributed by atoms with Crippen molar-refractivity contribution in [3.05, 3.63) is 88.2 Å². The Bertz CT molecular complexity index is 1340. The van der Waals surface area contributed by atoms with E-state index in [9.17, 15) is 0 Å². The van der Waals surface area contributed by atoms with E-state index in [0.717, 1.165) is 28.4 Å². The van der Waals surface area contributed by atoms with Crippen LogP contribution in [0, 0.1) is 6.92 Å². The Morgan fingerprint density at radius 2 is 1.65 bits per heavy atom. The highest BCUT2D eigenvalue weighted by Gasteiger charge is 2.20. The molecule has 3 heteroatoms. The third kappa shape index (κ3) is 5.42. The minimum Gasteiger partial charge on any atom is -0.355 e. The number of nitrogens with one attached hydrogen (secondary N) is 1. The van der Waals surface area contributed by atoms with Crippen LogP contribution in [0.3, 0.4) is 0 Å². The minimum atomic E-state index is 0.914. The van der Waals surface area contributed by atoms with Gasteiger partial charge in [-0.25, -0.2) is 0 Å². The topological polar surface area (TPSA) is 20.7 Å². The molecule has 0 aliphatic heterocycles. The van der Waals surface area contributed by atoms with Crippen LogP contribution in [0.4, 0.5) is 0 Å². The molecule has 0 spiro atoms. The predicted molar refractivity (Wildman–Crippen MR) is 157 cm³/mol. The molecule has 4 rings (SSSR count). The molecule has 180 valence electrons. The van der Waals surface area contributed by atoms with Gasteiger partial charge in [0.25, 0.3) is 0 Å². The first-order valence-corrected chi connectivity index (χ1v) is 13.1.